The Kier molecular flexibility index (Phi) is 6.68. The minimum absolute atomic E-state index is 0.237. The Balaban J connectivity index is 1.94. The molecule has 1 aromatic rings. The maximum atomic E-state index is 12.4. The molecule has 0 aliphatic heterocycles. The molecule has 2 rings (SSSR count). The lowest BCUT2D eigenvalue weighted by atomic mass is 9.84. The highest BCUT2D eigenvalue weighted by Crippen LogP contribution is 2.28. The van der Waals surface area contributed by atoms with Gasteiger partial charge < -0.3 is 15.8 Å². The molecule has 1 saturated carbocycles. The first-order chi connectivity index (χ1) is 10.6. The van der Waals surface area contributed by atoms with Crippen LogP contribution in [0, 0.1) is 5.92 Å². The SMILES string of the molecule is COC(C(=O)Nc1ccccc1Cl)[C@H](N)CC1CCCCC1. The predicted octanol–water partition coefficient (Wildman–Crippen LogP) is 3.59. The highest BCUT2D eigenvalue weighted by atomic mass is 35.5. The third kappa shape index (κ3) is 4.70. The number of ether oxygens (including phenoxy) is 1. The Morgan fingerprint density at radius 3 is 2.68 bits per heavy atom. The van der Waals surface area contributed by atoms with Gasteiger partial charge in [0.1, 0.15) is 0 Å². The monoisotopic (exact) mass is 324 g/mol. The molecule has 1 aliphatic rings. The third-order valence-electron chi connectivity index (χ3n) is 4.36. The molecule has 0 saturated heterocycles. The standard InChI is InChI=1S/C17H25ClN2O2/c1-22-16(14(19)11-12-7-3-2-4-8-12)17(21)20-15-10-6-5-9-13(15)18/h5-6,9-10,12,14,16H,2-4,7-8,11,19H2,1H3,(H,20,21)/t14-,16?/m1/s1. The summed E-state index contributed by atoms with van der Waals surface area (Å²) in [5.41, 5.74) is 6.82. The Labute approximate surface area is 137 Å². The van der Waals surface area contributed by atoms with Crippen LogP contribution in [0.2, 0.25) is 5.02 Å². The van der Waals surface area contributed by atoms with E-state index in [-0.39, 0.29) is 11.9 Å². The van der Waals surface area contributed by atoms with Gasteiger partial charge in [-0.05, 0) is 24.5 Å². The van der Waals surface area contributed by atoms with Gasteiger partial charge in [-0.1, -0.05) is 55.8 Å². The number of hydrogen-bond acceptors (Lipinski definition) is 3. The van der Waals surface area contributed by atoms with E-state index in [1.807, 2.05) is 12.1 Å². The maximum absolute atomic E-state index is 12.4. The first-order valence-corrected chi connectivity index (χ1v) is 8.33. The molecule has 0 spiro atoms. The number of benzene rings is 1. The molecule has 5 heteroatoms. The van der Waals surface area contributed by atoms with Crippen molar-refractivity contribution in [1.82, 2.24) is 0 Å². The topological polar surface area (TPSA) is 64.3 Å². The second-order valence-electron chi connectivity index (χ2n) is 6.03. The Morgan fingerprint density at radius 1 is 1.36 bits per heavy atom. The summed E-state index contributed by atoms with van der Waals surface area (Å²) in [6.07, 6.45) is 6.42. The number of methoxy groups -OCH3 is 1. The van der Waals surface area contributed by atoms with Crippen molar-refractivity contribution in [3.05, 3.63) is 29.3 Å². The molecule has 0 heterocycles. The van der Waals surface area contributed by atoms with Gasteiger partial charge in [-0.25, -0.2) is 0 Å². The summed E-state index contributed by atoms with van der Waals surface area (Å²) >= 11 is 6.06. The number of nitrogens with two attached hydrogens (primary N) is 1. The van der Waals surface area contributed by atoms with Gasteiger partial charge in [-0.3, -0.25) is 4.79 Å². The first kappa shape index (κ1) is 17.3. The Bertz CT molecular complexity index is 489. The van der Waals surface area contributed by atoms with Crippen molar-refractivity contribution in [1.29, 1.82) is 0 Å². The number of anilines is 1. The summed E-state index contributed by atoms with van der Waals surface area (Å²) in [4.78, 5) is 12.4. The normalized spacial score (nSPS) is 18.7. The van der Waals surface area contributed by atoms with E-state index in [9.17, 15) is 4.79 Å². The van der Waals surface area contributed by atoms with Crippen molar-refractivity contribution in [2.45, 2.75) is 50.7 Å². The van der Waals surface area contributed by atoms with Crippen LogP contribution in [-0.4, -0.2) is 25.2 Å². The van der Waals surface area contributed by atoms with Crippen LogP contribution in [0.3, 0.4) is 0 Å². The predicted molar refractivity (Wildman–Crippen MR) is 90.0 cm³/mol. The van der Waals surface area contributed by atoms with Crippen molar-refractivity contribution in [3.8, 4) is 0 Å². The lowest BCUT2D eigenvalue weighted by molar-refractivity contribution is -0.127. The van der Waals surface area contributed by atoms with Gasteiger partial charge in [0.25, 0.3) is 5.91 Å². The highest BCUT2D eigenvalue weighted by molar-refractivity contribution is 6.33. The number of hydrogen-bond donors (Lipinski definition) is 2. The summed E-state index contributed by atoms with van der Waals surface area (Å²) < 4.78 is 5.35. The fraction of sp³-hybridized carbons (Fsp3) is 0.588. The van der Waals surface area contributed by atoms with Crippen LogP contribution >= 0.6 is 11.6 Å². The molecule has 4 nitrogen and oxygen atoms in total. The van der Waals surface area contributed by atoms with Crippen LogP contribution in [0.15, 0.2) is 24.3 Å². The molecule has 2 atom stereocenters. The zero-order chi connectivity index (χ0) is 15.9. The zero-order valence-electron chi connectivity index (χ0n) is 13.1. The molecule has 3 N–H and O–H groups in total. The van der Waals surface area contributed by atoms with Crippen LogP contribution in [-0.2, 0) is 9.53 Å². The van der Waals surface area contributed by atoms with Gasteiger partial charge in [0.15, 0.2) is 6.10 Å². The van der Waals surface area contributed by atoms with E-state index in [0.717, 1.165) is 6.42 Å². The average molecular weight is 325 g/mol. The third-order valence-corrected chi connectivity index (χ3v) is 4.69. The number of amides is 1. The molecule has 122 valence electrons. The van der Waals surface area contributed by atoms with Crippen molar-refractivity contribution in [2.75, 3.05) is 12.4 Å². The highest BCUT2D eigenvalue weighted by Gasteiger charge is 2.28. The van der Waals surface area contributed by atoms with Crippen molar-refractivity contribution in [2.24, 2.45) is 11.7 Å². The van der Waals surface area contributed by atoms with Crippen LogP contribution in [0.1, 0.15) is 38.5 Å². The number of halogens is 1. The van der Waals surface area contributed by atoms with E-state index in [1.165, 1.54) is 39.2 Å². The van der Waals surface area contributed by atoms with Gasteiger partial charge in [0.2, 0.25) is 0 Å². The summed E-state index contributed by atoms with van der Waals surface area (Å²) in [6.45, 7) is 0. The van der Waals surface area contributed by atoms with Crippen LogP contribution in [0.25, 0.3) is 0 Å². The second-order valence-corrected chi connectivity index (χ2v) is 6.44. The number of carbonyl (C=O) groups is 1. The molecule has 0 bridgehead atoms. The molecule has 0 radical (unpaired) electrons. The average Bonchev–Trinajstić information content (AvgIpc) is 2.51. The molecule has 1 amide bonds. The zero-order valence-corrected chi connectivity index (χ0v) is 13.8. The molecule has 1 unspecified atom stereocenters. The van der Waals surface area contributed by atoms with Crippen molar-refractivity contribution in [3.63, 3.8) is 0 Å². The molecule has 0 aromatic heterocycles. The number of rotatable bonds is 6. The number of carbonyl (C=O) groups excluding carboxylic acids is 1. The summed E-state index contributed by atoms with van der Waals surface area (Å²) in [5, 5.41) is 3.31. The summed E-state index contributed by atoms with van der Waals surface area (Å²) in [7, 11) is 1.53. The smallest absolute Gasteiger partial charge is 0.255 e. The van der Waals surface area contributed by atoms with Gasteiger partial charge in [0, 0.05) is 13.2 Å². The van der Waals surface area contributed by atoms with E-state index in [4.69, 9.17) is 22.1 Å². The summed E-state index contributed by atoms with van der Waals surface area (Å²) in [5.74, 6) is 0.369. The fourth-order valence-corrected chi connectivity index (χ4v) is 3.36. The molecular formula is C17H25ClN2O2. The van der Waals surface area contributed by atoms with Crippen LogP contribution in [0.5, 0.6) is 0 Å². The molecule has 22 heavy (non-hydrogen) atoms. The minimum atomic E-state index is -0.654. The van der Waals surface area contributed by atoms with Gasteiger partial charge in [0.05, 0.1) is 10.7 Å². The quantitative estimate of drug-likeness (QED) is 0.840. The lowest BCUT2D eigenvalue weighted by Gasteiger charge is -2.28. The number of nitrogens with one attached hydrogen (secondary N) is 1. The van der Waals surface area contributed by atoms with Gasteiger partial charge in [-0.2, -0.15) is 0 Å². The molecule has 1 fully saturated rings. The second kappa shape index (κ2) is 8.51. The van der Waals surface area contributed by atoms with Crippen molar-refractivity contribution >= 4 is 23.2 Å². The van der Waals surface area contributed by atoms with E-state index < -0.39 is 6.10 Å². The van der Waals surface area contributed by atoms with E-state index in [1.54, 1.807) is 12.1 Å². The molecule has 1 aromatic carbocycles. The number of para-hydroxylation sites is 1. The van der Waals surface area contributed by atoms with Gasteiger partial charge in [-0.15, -0.1) is 0 Å². The molecular weight excluding hydrogens is 300 g/mol. The van der Waals surface area contributed by atoms with Crippen molar-refractivity contribution < 1.29 is 9.53 Å². The Hall–Kier alpha value is -1.10. The lowest BCUT2D eigenvalue weighted by Crippen LogP contribution is -2.45. The first-order valence-electron chi connectivity index (χ1n) is 7.95. The van der Waals surface area contributed by atoms with Crippen LogP contribution < -0.4 is 11.1 Å². The van der Waals surface area contributed by atoms with E-state index in [2.05, 4.69) is 5.32 Å². The fourth-order valence-electron chi connectivity index (χ4n) is 3.17. The summed E-state index contributed by atoms with van der Waals surface area (Å²) in [6, 6.07) is 6.85. The van der Waals surface area contributed by atoms with E-state index >= 15 is 0 Å². The van der Waals surface area contributed by atoms with Gasteiger partial charge >= 0.3 is 0 Å². The van der Waals surface area contributed by atoms with E-state index in [0.29, 0.717) is 16.6 Å². The Morgan fingerprint density at radius 2 is 2.05 bits per heavy atom. The largest absolute Gasteiger partial charge is 0.370 e. The van der Waals surface area contributed by atoms with Crippen LogP contribution in [0.4, 0.5) is 5.69 Å². The maximum Gasteiger partial charge on any atom is 0.255 e. The minimum Gasteiger partial charge on any atom is -0.370 e. The molecule has 1 aliphatic carbocycles.